The van der Waals surface area contributed by atoms with Gasteiger partial charge >= 0.3 is 0 Å². The van der Waals surface area contributed by atoms with E-state index in [1.54, 1.807) is 0 Å². The number of para-hydroxylation sites is 1. The van der Waals surface area contributed by atoms with Crippen LogP contribution in [0.2, 0.25) is 0 Å². The number of unbranched alkanes of at least 4 members (excludes halogenated alkanes) is 3. The molecule has 26 heavy (non-hydrogen) atoms. The lowest BCUT2D eigenvalue weighted by Gasteiger charge is -2.36. The molecule has 0 spiro atoms. The molecule has 1 fully saturated rings. The van der Waals surface area contributed by atoms with Crippen LogP contribution in [0.4, 0.5) is 5.69 Å². The molecule has 0 aromatic heterocycles. The fourth-order valence-corrected chi connectivity index (χ4v) is 3.10. The van der Waals surface area contributed by atoms with Crippen LogP contribution in [-0.4, -0.2) is 56.0 Å². The molecule has 1 aliphatic heterocycles. The molecule has 1 heterocycles. The SMILES string of the molecule is CCCCCCN=C(N)NCCC(=O)N1CCN(c2ccccc2)CC1. The third-order valence-corrected chi connectivity index (χ3v) is 4.69. The molecule has 6 heteroatoms. The number of rotatable bonds is 9. The Bertz CT molecular complexity index is 553. The second kappa shape index (κ2) is 11.4. The Hall–Kier alpha value is -2.24. The molecule has 144 valence electrons. The van der Waals surface area contributed by atoms with Crippen molar-refractivity contribution < 1.29 is 4.79 Å². The molecule has 0 saturated carbocycles. The van der Waals surface area contributed by atoms with E-state index in [2.05, 4.69) is 34.3 Å². The van der Waals surface area contributed by atoms with Crippen molar-refractivity contribution >= 4 is 17.6 Å². The zero-order chi connectivity index (χ0) is 18.6. The summed E-state index contributed by atoms with van der Waals surface area (Å²) in [7, 11) is 0. The molecule has 1 aromatic carbocycles. The van der Waals surface area contributed by atoms with Gasteiger partial charge in [0, 0.05) is 51.4 Å². The predicted molar refractivity (Wildman–Crippen MR) is 108 cm³/mol. The summed E-state index contributed by atoms with van der Waals surface area (Å²) in [4.78, 5) is 20.9. The van der Waals surface area contributed by atoms with Crippen LogP contribution in [0.25, 0.3) is 0 Å². The van der Waals surface area contributed by atoms with Crippen molar-refractivity contribution in [3.05, 3.63) is 30.3 Å². The van der Waals surface area contributed by atoms with Crippen molar-refractivity contribution in [2.75, 3.05) is 44.2 Å². The number of nitrogens with two attached hydrogens (primary N) is 1. The number of aliphatic imine (C=N–C) groups is 1. The third-order valence-electron chi connectivity index (χ3n) is 4.69. The number of carbonyl (C=O) groups is 1. The van der Waals surface area contributed by atoms with Gasteiger partial charge in [0.25, 0.3) is 0 Å². The summed E-state index contributed by atoms with van der Waals surface area (Å²) in [6.45, 7) is 6.80. The highest BCUT2D eigenvalue weighted by atomic mass is 16.2. The Morgan fingerprint density at radius 3 is 2.54 bits per heavy atom. The first kappa shape index (κ1) is 20.1. The van der Waals surface area contributed by atoms with E-state index in [0.29, 0.717) is 18.9 Å². The Morgan fingerprint density at radius 1 is 1.12 bits per heavy atom. The van der Waals surface area contributed by atoms with E-state index < -0.39 is 0 Å². The number of nitrogens with one attached hydrogen (secondary N) is 1. The van der Waals surface area contributed by atoms with Crippen LogP contribution < -0.4 is 16.0 Å². The van der Waals surface area contributed by atoms with Crippen molar-refractivity contribution in [3.8, 4) is 0 Å². The van der Waals surface area contributed by atoms with Gasteiger partial charge in [-0.15, -0.1) is 0 Å². The normalized spacial score (nSPS) is 15.2. The molecule has 6 nitrogen and oxygen atoms in total. The number of anilines is 1. The Balaban J connectivity index is 1.61. The molecule has 0 bridgehead atoms. The van der Waals surface area contributed by atoms with Crippen LogP contribution in [0, 0.1) is 0 Å². The second-order valence-electron chi connectivity index (χ2n) is 6.71. The van der Waals surface area contributed by atoms with E-state index >= 15 is 0 Å². The minimum Gasteiger partial charge on any atom is -0.370 e. The van der Waals surface area contributed by atoms with E-state index in [-0.39, 0.29) is 5.91 Å². The topological polar surface area (TPSA) is 74.0 Å². The molecular weight excluding hydrogens is 326 g/mol. The fraction of sp³-hybridized carbons (Fsp3) is 0.600. The van der Waals surface area contributed by atoms with E-state index in [1.165, 1.54) is 24.9 Å². The fourth-order valence-electron chi connectivity index (χ4n) is 3.10. The number of carbonyl (C=O) groups excluding carboxylic acids is 1. The monoisotopic (exact) mass is 359 g/mol. The predicted octanol–water partition coefficient (Wildman–Crippen LogP) is 2.21. The minimum absolute atomic E-state index is 0.181. The van der Waals surface area contributed by atoms with E-state index in [0.717, 1.165) is 39.1 Å². The third kappa shape index (κ3) is 6.94. The molecule has 1 saturated heterocycles. The van der Waals surface area contributed by atoms with E-state index in [1.807, 2.05) is 23.1 Å². The zero-order valence-corrected chi connectivity index (χ0v) is 16.0. The van der Waals surface area contributed by atoms with Crippen molar-refractivity contribution in [2.24, 2.45) is 10.7 Å². The van der Waals surface area contributed by atoms with Crippen LogP contribution in [0.5, 0.6) is 0 Å². The molecule has 1 aromatic rings. The number of guanidine groups is 1. The van der Waals surface area contributed by atoms with Crippen molar-refractivity contribution in [3.63, 3.8) is 0 Å². The summed E-state index contributed by atoms with van der Waals surface area (Å²) >= 11 is 0. The molecular formula is C20H33N5O. The molecule has 0 aliphatic carbocycles. The first-order chi connectivity index (χ1) is 12.7. The summed E-state index contributed by atoms with van der Waals surface area (Å²) in [6.07, 6.45) is 5.19. The maximum absolute atomic E-state index is 12.3. The van der Waals surface area contributed by atoms with Gasteiger partial charge in [-0.2, -0.15) is 0 Å². The zero-order valence-electron chi connectivity index (χ0n) is 16.0. The number of amides is 1. The maximum Gasteiger partial charge on any atom is 0.224 e. The lowest BCUT2D eigenvalue weighted by molar-refractivity contribution is -0.131. The van der Waals surface area contributed by atoms with Gasteiger partial charge in [-0.3, -0.25) is 9.79 Å². The average Bonchev–Trinajstić information content (AvgIpc) is 2.68. The second-order valence-corrected chi connectivity index (χ2v) is 6.71. The Labute approximate surface area is 157 Å². The Morgan fingerprint density at radius 2 is 1.85 bits per heavy atom. The van der Waals surface area contributed by atoms with Crippen molar-refractivity contribution in [1.82, 2.24) is 10.2 Å². The van der Waals surface area contributed by atoms with Crippen molar-refractivity contribution in [1.29, 1.82) is 0 Å². The Kier molecular flexibility index (Phi) is 8.79. The minimum atomic E-state index is 0.181. The molecule has 0 atom stereocenters. The van der Waals surface area contributed by atoms with Gasteiger partial charge < -0.3 is 20.9 Å². The standard InChI is InChI=1S/C20H33N5O/c1-2-3-4-8-12-22-20(21)23-13-11-19(26)25-16-14-24(15-17-25)18-9-6-5-7-10-18/h5-7,9-10H,2-4,8,11-17H2,1H3,(H3,21,22,23). The number of hydrogen-bond donors (Lipinski definition) is 2. The van der Waals surface area contributed by atoms with Crippen LogP contribution in [-0.2, 0) is 4.79 Å². The van der Waals surface area contributed by atoms with Crippen LogP contribution in [0.3, 0.4) is 0 Å². The molecule has 0 radical (unpaired) electrons. The maximum atomic E-state index is 12.3. The average molecular weight is 360 g/mol. The smallest absolute Gasteiger partial charge is 0.224 e. The summed E-state index contributed by atoms with van der Waals surface area (Å²) in [6, 6.07) is 10.4. The molecule has 0 unspecified atom stereocenters. The summed E-state index contributed by atoms with van der Waals surface area (Å²) in [5.74, 6) is 0.629. The molecule has 1 aliphatic rings. The highest BCUT2D eigenvalue weighted by molar-refractivity contribution is 5.80. The lowest BCUT2D eigenvalue weighted by Crippen LogP contribution is -2.49. The summed E-state index contributed by atoms with van der Waals surface area (Å²) in [5.41, 5.74) is 7.07. The van der Waals surface area contributed by atoms with Gasteiger partial charge in [-0.05, 0) is 18.6 Å². The van der Waals surface area contributed by atoms with E-state index in [4.69, 9.17) is 5.73 Å². The number of piperazine rings is 1. The quantitative estimate of drug-likeness (QED) is 0.403. The van der Waals surface area contributed by atoms with Crippen LogP contribution >= 0.6 is 0 Å². The highest BCUT2D eigenvalue weighted by Crippen LogP contribution is 2.15. The molecule has 2 rings (SSSR count). The largest absolute Gasteiger partial charge is 0.370 e. The molecule has 3 N–H and O–H groups in total. The summed E-state index contributed by atoms with van der Waals surface area (Å²) in [5, 5.41) is 3.05. The van der Waals surface area contributed by atoms with Gasteiger partial charge in [0.05, 0.1) is 0 Å². The number of benzene rings is 1. The number of hydrogen-bond acceptors (Lipinski definition) is 3. The van der Waals surface area contributed by atoms with Gasteiger partial charge in [-0.1, -0.05) is 44.4 Å². The van der Waals surface area contributed by atoms with Crippen LogP contribution in [0.1, 0.15) is 39.0 Å². The summed E-state index contributed by atoms with van der Waals surface area (Å²) < 4.78 is 0. The van der Waals surface area contributed by atoms with Gasteiger partial charge in [0.15, 0.2) is 5.96 Å². The van der Waals surface area contributed by atoms with Gasteiger partial charge in [0.2, 0.25) is 5.91 Å². The van der Waals surface area contributed by atoms with E-state index in [9.17, 15) is 4.79 Å². The lowest BCUT2D eigenvalue weighted by atomic mass is 10.2. The highest BCUT2D eigenvalue weighted by Gasteiger charge is 2.20. The van der Waals surface area contributed by atoms with Crippen LogP contribution in [0.15, 0.2) is 35.3 Å². The first-order valence-electron chi connectivity index (χ1n) is 9.82. The first-order valence-corrected chi connectivity index (χ1v) is 9.82. The van der Waals surface area contributed by atoms with Crippen molar-refractivity contribution in [2.45, 2.75) is 39.0 Å². The molecule has 1 amide bonds. The number of nitrogens with zero attached hydrogens (tertiary/aromatic N) is 3. The van der Waals surface area contributed by atoms with Gasteiger partial charge in [-0.25, -0.2) is 0 Å². The van der Waals surface area contributed by atoms with Gasteiger partial charge in [0.1, 0.15) is 0 Å².